The third-order valence-electron chi connectivity index (χ3n) is 3.39. The van der Waals surface area contributed by atoms with Gasteiger partial charge >= 0.3 is 18.1 Å². The van der Waals surface area contributed by atoms with E-state index in [9.17, 15) is 26.7 Å². The Morgan fingerprint density at radius 2 is 2.18 bits per heavy atom. The molecule has 0 radical (unpaired) electrons. The molecule has 2 amide bonds. The number of halogens is 5. The molecule has 14 heteroatoms. The first-order valence-electron chi connectivity index (χ1n) is 7.87. The second-order valence-corrected chi connectivity index (χ2v) is 6.65. The summed E-state index contributed by atoms with van der Waals surface area (Å²) in [6.07, 6.45) is -6.97. The van der Waals surface area contributed by atoms with Crippen LogP contribution in [0.15, 0.2) is 16.7 Å². The highest BCUT2D eigenvalue weighted by molar-refractivity contribution is 7.15. The standard InChI is InChI=1S/C14H13F5N4O4S/c15-10(16)7-26-23(13(24)22-4-1-5-25-22)6-8-2-3-9(28-8)11-20-12(27-21-11)14(17,18)19/h2-3,10H,1,4-7H2. The Labute approximate surface area is 158 Å². The molecule has 0 unspecified atom stereocenters. The average molecular weight is 428 g/mol. The van der Waals surface area contributed by atoms with Gasteiger partial charge in [-0.3, -0.25) is 9.68 Å². The summed E-state index contributed by atoms with van der Waals surface area (Å²) in [6.45, 7) is -0.624. The Morgan fingerprint density at radius 1 is 1.39 bits per heavy atom. The number of hydroxylamine groups is 4. The molecular weight excluding hydrogens is 415 g/mol. The maximum atomic E-state index is 12.5. The molecule has 3 heterocycles. The molecule has 0 spiro atoms. The van der Waals surface area contributed by atoms with Crippen molar-refractivity contribution in [3.8, 4) is 10.7 Å². The van der Waals surface area contributed by atoms with Gasteiger partial charge in [-0.05, 0) is 18.6 Å². The highest BCUT2D eigenvalue weighted by Gasteiger charge is 2.38. The Kier molecular flexibility index (Phi) is 6.10. The number of hydrogen-bond donors (Lipinski definition) is 0. The third-order valence-corrected chi connectivity index (χ3v) is 4.45. The lowest BCUT2D eigenvalue weighted by atomic mass is 10.4. The summed E-state index contributed by atoms with van der Waals surface area (Å²) >= 11 is 0.959. The maximum absolute atomic E-state index is 12.5. The molecule has 8 nitrogen and oxygen atoms in total. The molecule has 1 fully saturated rings. The van der Waals surface area contributed by atoms with Gasteiger partial charge in [0, 0.05) is 4.88 Å². The van der Waals surface area contributed by atoms with Gasteiger partial charge in [0.15, 0.2) is 0 Å². The Hall–Kier alpha value is -2.32. The summed E-state index contributed by atoms with van der Waals surface area (Å²) in [5.41, 5.74) is 0. The molecule has 1 saturated heterocycles. The minimum absolute atomic E-state index is 0.222. The topological polar surface area (TPSA) is 80.9 Å². The second-order valence-electron chi connectivity index (χ2n) is 5.48. The van der Waals surface area contributed by atoms with Gasteiger partial charge in [-0.25, -0.2) is 18.6 Å². The fourth-order valence-corrected chi connectivity index (χ4v) is 3.11. The van der Waals surface area contributed by atoms with Gasteiger partial charge in [-0.2, -0.15) is 23.2 Å². The summed E-state index contributed by atoms with van der Waals surface area (Å²) in [4.78, 5) is 26.3. The van der Waals surface area contributed by atoms with Crippen LogP contribution in [0.1, 0.15) is 17.2 Å². The highest BCUT2D eigenvalue weighted by Crippen LogP contribution is 2.32. The molecule has 1 aliphatic rings. The van der Waals surface area contributed by atoms with Crippen LogP contribution in [0.5, 0.6) is 0 Å². The van der Waals surface area contributed by atoms with Crippen molar-refractivity contribution in [2.75, 3.05) is 19.8 Å². The van der Waals surface area contributed by atoms with Crippen LogP contribution in [0.4, 0.5) is 26.7 Å². The number of aromatic nitrogens is 2. The molecule has 0 N–H and O–H groups in total. The number of carbonyl (C=O) groups is 1. The van der Waals surface area contributed by atoms with Crippen molar-refractivity contribution in [2.45, 2.75) is 25.6 Å². The number of alkyl halides is 5. The van der Waals surface area contributed by atoms with Gasteiger partial charge in [0.1, 0.15) is 6.61 Å². The van der Waals surface area contributed by atoms with E-state index in [1.807, 2.05) is 0 Å². The predicted molar refractivity (Wildman–Crippen MR) is 82.8 cm³/mol. The van der Waals surface area contributed by atoms with Crippen molar-refractivity contribution in [1.29, 1.82) is 0 Å². The van der Waals surface area contributed by atoms with Gasteiger partial charge in [-0.1, -0.05) is 5.16 Å². The first kappa shape index (κ1) is 20.4. The number of amides is 2. The van der Waals surface area contributed by atoms with E-state index in [2.05, 4.69) is 14.7 Å². The number of urea groups is 1. The fraction of sp³-hybridized carbons (Fsp3) is 0.500. The summed E-state index contributed by atoms with van der Waals surface area (Å²) in [5, 5.41) is 4.98. The number of rotatable bonds is 6. The van der Waals surface area contributed by atoms with Crippen LogP contribution in [0, 0.1) is 0 Å². The molecular formula is C14H13F5N4O4S. The normalized spacial score (nSPS) is 14.9. The van der Waals surface area contributed by atoms with E-state index in [1.54, 1.807) is 0 Å². The van der Waals surface area contributed by atoms with Crippen LogP contribution >= 0.6 is 11.3 Å². The van der Waals surface area contributed by atoms with Crippen LogP contribution in [-0.4, -0.2) is 52.5 Å². The molecule has 28 heavy (non-hydrogen) atoms. The number of hydrogen-bond acceptors (Lipinski definition) is 7. The van der Waals surface area contributed by atoms with E-state index in [0.717, 1.165) is 16.4 Å². The molecule has 2 aromatic heterocycles. The summed E-state index contributed by atoms with van der Waals surface area (Å²) < 4.78 is 66.8. The van der Waals surface area contributed by atoms with Gasteiger partial charge in [0.2, 0.25) is 5.82 Å². The van der Waals surface area contributed by atoms with Crippen molar-refractivity contribution in [3.63, 3.8) is 0 Å². The van der Waals surface area contributed by atoms with Gasteiger partial charge in [0.05, 0.1) is 24.6 Å². The largest absolute Gasteiger partial charge is 0.471 e. The van der Waals surface area contributed by atoms with Gasteiger partial charge < -0.3 is 4.52 Å². The summed E-state index contributed by atoms with van der Waals surface area (Å²) in [5.74, 6) is -1.77. The monoisotopic (exact) mass is 428 g/mol. The smallest absolute Gasteiger partial charge is 0.329 e. The molecule has 2 aromatic rings. The van der Waals surface area contributed by atoms with Crippen LogP contribution in [0.25, 0.3) is 10.7 Å². The molecule has 0 saturated carbocycles. The van der Waals surface area contributed by atoms with Crippen molar-refractivity contribution in [1.82, 2.24) is 20.3 Å². The van der Waals surface area contributed by atoms with Gasteiger partial charge in [-0.15, -0.1) is 11.3 Å². The van der Waals surface area contributed by atoms with Crippen molar-refractivity contribution in [3.05, 3.63) is 22.9 Å². The van der Waals surface area contributed by atoms with Crippen LogP contribution in [-0.2, 0) is 22.4 Å². The first-order valence-corrected chi connectivity index (χ1v) is 8.68. The number of nitrogens with zero attached hydrogens (tertiary/aromatic N) is 4. The molecule has 3 rings (SSSR count). The van der Waals surface area contributed by atoms with E-state index in [-0.39, 0.29) is 23.8 Å². The molecule has 1 aliphatic heterocycles. The average Bonchev–Trinajstić information content (AvgIpc) is 3.38. The first-order chi connectivity index (χ1) is 13.2. The zero-order valence-corrected chi connectivity index (χ0v) is 14.8. The predicted octanol–water partition coefficient (Wildman–Crippen LogP) is 3.57. The van der Waals surface area contributed by atoms with Crippen molar-refractivity contribution in [2.24, 2.45) is 0 Å². The van der Waals surface area contributed by atoms with E-state index >= 15 is 0 Å². The van der Waals surface area contributed by atoms with E-state index in [0.29, 0.717) is 23.0 Å². The summed E-state index contributed by atoms with van der Waals surface area (Å²) in [7, 11) is 0. The van der Waals surface area contributed by atoms with Crippen LogP contribution < -0.4 is 0 Å². The van der Waals surface area contributed by atoms with E-state index in [1.165, 1.54) is 12.1 Å². The Bertz CT molecular complexity index is 806. The zero-order chi connectivity index (χ0) is 20.3. The summed E-state index contributed by atoms with van der Waals surface area (Å²) in [6, 6.07) is 2.15. The molecule has 0 atom stereocenters. The molecule has 0 aromatic carbocycles. The zero-order valence-electron chi connectivity index (χ0n) is 14.0. The van der Waals surface area contributed by atoms with Crippen molar-refractivity contribution >= 4 is 17.4 Å². The van der Waals surface area contributed by atoms with E-state index in [4.69, 9.17) is 9.68 Å². The lowest BCUT2D eigenvalue weighted by molar-refractivity contribution is -0.183. The fourth-order valence-electron chi connectivity index (χ4n) is 2.20. The molecule has 0 aliphatic carbocycles. The Balaban J connectivity index is 1.72. The molecule has 154 valence electrons. The minimum Gasteiger partial charge on any atom is -0.329 e. The van der Waals surface area contributed by atoms with Crippen LogP contribution in [0.2, 0.25) is 0 Å². The highest BCUT2D eigenvalue weighted by atomic mass is 32.1. The third kappa shape index (κ3) is 4.94. The maximum Gasteiger partial charge on any atom is 0.471 e. The lowest BCUT2D eigenvalue weighted by Gasteiger charge is -2.25. The number of carbonyl (C=O) groups excluding carboxylic acids is 1. The SMILES string of the molecule is O=C(N1CCCO1)N(Cc1ccc(-c2noc(C(F)(F)F)n2)s1)OCC(F)F. The Morgan fingerprint density at radius 3 is 2.79 bits per heavy atom. The van der Waals surface area contributed by atoms with Crippen LogP contribution in [0.3, 0.4) is 0 Å². The quantitative estimate of drug-likeness (QED) is 0.517. The second kappa shape index (κ2) is 8.36. The van der Waals surface area contributed by atoms with Crippen molar-refractivity contribution < 1.29 is 40.9 Å². The molecule has 0 bridgehead atoms. The number of thiophene rings is 1. The minimum atomic E-state index is -4.77. The van der Waals surface area contributed by atoms with Gasteiger partial charge in [0.25, 0.3) is 6.43 Å². The lowest BCUT2D eigenvalue weighted by Crippen LogP contribution is -2.41. The van der Waals surface area contributed by atoms with E-state index < -0.39 is 31.1 Å².